The lowest BCUT2D eigenvalue weighted by atomic mass is 10.2. The SMILES string of the molecule is CCCC(C)=CCBr. The van der Waals surface area contributed by atoms with Crippen LogP contribution in [0.25, 0.3) is 0 Å². The molecule has 0 fully saturated rings. The summed E-state index contributed by atoms with van der Waals surface area (Å²) in [6, 6.07) is 0. The molecule has 0 N–H and O–H groups in total. The molecule has 0 aromatic rings. The van der Waals surface area contributed by atoms with Crippen LogP contribution in [0.15, 0.2) is 11.6 Å². The fraction of sp³-hybridized carbons (Fsp3) is 0.714. The van der Waals surface area contributed by atoms with Crippen LogP contribution in [0.2, 0.25) is 0 Å². The quantitative estimate of drug-likeness (QED) is 0.459. The second-order valence-electron chi connectivity index (χ2n) is 1.95. The number of alkyl halides is 1. The third-order valence-electron chi connectivity index (χ3n) is 1.07. The van der Waals surface area contributed by atoms with E-state index in [2.05, 4.69) is 35.9 Å². The summed E-state index contributed by atoms with van der Waals surface area (Å²) in [7, 11) is 0. The number of hydrogen-bond acceptors (Lipinski definition) is 0. The normalized spacial score (nSPS) is 12.1. The van der Waals surface area contributed by atoms with Crippen LogP contribution >= 0.6 is 15.9 Å². The van der Waals surface area contributed by atoms with Crippen molar-refractivity contribution in [3.8, 4) is 0 Å². The van der Waals surface area contributed by atoms with Crippen molar-refractivity contribution in [1.29, 1.82) is 0 Å². The summed E-state index contributed by atoms with van der Waals surface area (Å²) in [5, 5.41) is 0.999. The van der Waals surface area contributed by atoms with Crippen molar-refractivity contribution in [2.45, 2.75) is 26.7 Å². The van der Waals surface area contributed by atoms with Gasteiger partial charge in [0.2, 0.25) is 0 Å². The van der Waals surface area contributed by atoms with Crippen LogP contribution in [-0.2, 0) is 0 Å². The van der Waals surface area contributed by atoms with E-state index in [1.165, 1.54) is 18.4 Å². The van der Waals surface area contributed by atoms with Gasteiger partial charge in [0, 0.05) is 5.33 Å². The van der Waals surface area contributed by atoms with E-state index in [0.29, 0.717) is 0 Å². The Morgan fingerprint density at radius 2 is 2.25 bits per heavy atom. The molecule has 0 amide bonds. The third kappa shape index (κ3) is 4.38. The second kappa shape index (κ2) is 5.36. The van der Waals surface area contributed by atoms with Gasteiger partial charge in [0.1, 0.15) is 0 Å². The first-order valence-corrected chi connectivity index (χ1v) is 4.15. The van der Waals surface area contributed by atoms with Crippen LogP contribution in [0, 0.1) is 0 Å². The molecule has 0 saturated heterocycles. The summed E-state index contributed by atoms with van der Waals surface area (Å²) in [4.78, 5) is 0. The molecule has 0 aromatic carbocycles. The minimum atomic E-state index is 0.999. The van der Waals surface area contributed by atoms with Crippen molar-refractivity contribution >= 4 is 15.9 Å². The van der Waals surface area contributed by atoms with Gasteiger partial charge in [-0.3, -0.25) is 0 Å². The smallest absolute Gasteiger partial charge is 0.0214 e. The molecular weight excluding hydrogens is 164 g/mol. The summed E-state index contributed by atoms with van der Waals surface area (Å²) in [6.45, 7) is 4.37. The van der Waals surface area contributed by atoms with Gasteiger partial charge in [-0.2, -0.15) is 0 Å². The van der Waals surface area contributed by atoms with Gasteiger partial charge in [-0.05, 0) is 13.3 Å². The van der Waals surface area contributed by atoms with Gasteiger partial charge in [0.25, 0.3) is 0 Å². The first-order chi connectivity index (χ1) is 3.81. The number of halogens is 1. The highest BCUT2D eigenvalue weighted by molar-refractivity contribution is 9.09. The van der Waals surface area contributed by atoms with Gasteiger partial charge in [-0.25, -0.2) is 0 Å². The molecule has 0 heterocycles. The van der Waals surface area contributed by atoms with Crippen molar-refractivity contribution in [2.75, 3.05) is 5.33 Å². The van der Waals surface area contributed by atoms with E-state index in [1.54, 1.807) is 0 Å². The highest BCUT2D eigenvalue weighted by atomic mass is 79.9. The van der Waals surface area contributed by atoms with E-state index in [0.717, 1.165) is 5.33 Å². The maximum Gasteiger partial charge on any atom is 0.0214 e. The second-order valence-corrected chi connectivity index (χ2v) is 2.60. The van der Waals surface area contributed by atoms with Gasteiger partial charge >= 0.3 is 0 Å². The first kappa shape index (κ1) is 8.22. The fourth-order valence-electron chi connectivity index (χ4n) is 0.628. The van der Waals surface area contributed by atoms with Gasteiger partial charge in [-0.15, -0.1) is 0 Å². The molecule has 0 bridgehead atoms. The van der Waals surface area contributed by atoms with Crippen molar-refractivity contribution in [3.05, 3.63) is 11.6 Å². The monoisotopic (exact) mass is 176 g/mol. The van der Waals surface area contributed by atoms with E-state index in [-0.39, 0.29) is 0 Å². The summed E-state index contributed by atoms with van der Waals surface area (Å²) in [5.74, 6) is 0. The topological polar surface area (TPSA) is 0 Å². The fourth-order valence-corrected chi connectivity index (χ4v) is 1.18. The molecule has 0 atom stereocenters. The molecule has 1 heteroatoms. The van der Waals surface area contributed by atoms with Crippen LogP contribution in [0.4, 0.5) is 0 Å². The third-order valence-corrected chi connectivity index (χ3v) is 1.39. The predicted molar refractivity (Wildman–Crippen MR) is 42.5 cm³/mol. The molecule has 0 aliphatic rings. The lowest BCUT2D eigenvalue weighted by Crippen LogP contribution is -1.74. The van der Waals surface area contributed by atoms with Crippen molar-refractivity contribution in [1.82, 2.24) is 0 Å². The molecule has 48 valence electrons. The zero-order valence-corrected chi connectivity index (χ0v) is 7.16. The Hall–Kier alpha value is 0.220. The Morgan fingerprint density at radius 1 is 1.62 bits per heavy atom. The molecule has 0 unspecified atom stereocenters. The Labute approximate surface area is 60.1 Å². The Balaban J connectivity index is 3.29. The molecule has 0 aromatic heterocycles. The van der Waals surface area contributed by atoms with E-state index in [9.17, 15) is 0 Å². The molecule has 8 heavy (non-hydrogen) atoms. The summed E-state index contributed by atoms with van der Waals surface area (Å²) >= 11 is 3.34. The maximum atomic E-state index is 3.34. The molecule has 0 aliphatic carbocycles. The molecule has 0 aliphatic heterocycles. The first-order valence-electron chi connectivity index (χ1n) is 3.02. The van der Waals surface area contributed by atoms with Crippen LogP contribution in [-0.4, -0.2) is 5.33 Å². The number of rotatable bonds is 3. The Bertz CT molecular complexity index is 74.5. The van der Waals surface area contributed by atoms with Gasteiger partial charge in [-0.1, -0.05) is 40.9 Å². The molecule has 0 nitrogen and oxygen atoms in total. The van der Waals surface area contributed by atoms with E-state index in [4.69, 9.17) is 0 Å². The Kier molecular flexibility index (Phi) is 5.51. The van der Waals surface area contributed by atoms with Crippen LogP contribution < -0.4 is 0 Å². The van der Waals surface area contributed by atoms with Gasteiger partial charge in [0.05, 0.1) is 0 Å². The molecule has 0 radical (unpaired) electrons. The zero-order chi connectivity index (χ0) is 6.41. The van der Waals surface area contributed by atoms with Crippen molar-refractivity contribution < 1.29 is 0 Å². The largest absolute Gasteiger partial charge is 0.0883 e. The van der Waals surface area contributed by atoms with Gasteiger partial charge < -0.3 is 0 Å². The van der Waals surface area contributed by atoms with E-state index in [1.807, 2.05) is 0 Å². The maximum absolute atomic E-state index is 3.34. The summed E-state index contributed by atoms with van der Waals surface area (Å²) < 4.78 is 0. The number of allylic oxidation sites excluding steroid dienone is 2. The lowest BCUT2D eigenvalue weighted by molar-refractivity contribution is 0.904. The molecular formula is C7H13Br. The summed E-state index contributed by atoms with van der Waals surface area (Å²) in [5.41, 5.74) is 1.49. The van der Waals surface area contributed by atoms with E-state index < -0.39 is 0 Å². The standard InChI is InChI=1S/C7H13Br/c1-3-4-7(2)5-6-8/h5H,3-4,6H2,1-2H3. The van der Waals surface area contributed by atoms with Crippen LogP contribution in [0.3, 0.4) is 0 Å². The van der Waals surface area contributed by atoms with Crippen molar-refractivity contribution in [2.24, 2.45) is 0 Å². The number of hydrogen-bond donors (Lipinski definition) is 0. The van der Waals surface area contributed by atoms with Crippen molar-refractivity contribution in [3.63, 3.8) is 0 Å². The average Bonchev–Trinajstić information content (AvgIpc) is 1.68. The highest BCUT2D eigenvalue weighted by Gasteiger charge is 1.82. The summed E-state index contributed by atoms with van der Waals surface area (Å²) in [6.07, 6.45) is 4.71. The van der Waals surface area contributed by atoms with Crippen LogP contribution in [0.1, 0.15) is 26.7 Å². The Morgan fingerprint density at radius 3 is 2.62 bits per heavy atom. The van der Waals surface area contributed by atoms with E-state index >= 15 is 0 Å². The minimum Gasteiger partial charge on any atom is -0.0883 e. The zero-order valence-electron chi connectivity index (χ0n) is 5.58. The minimum absolute atomic E-state index is 0.999. The molecule has 0 spiro atoms. The van der Waals surface area contributed by atoms with Gasteiger partial charge in [0.15, 0.2) is 0 Å². The molecule has 0 saturated carbocycles. The average molecular weight is 177 g/mol. The lowest BCUT2D eigenvalue weighted by Gasteiger charge is -1.92. The highest BCUT2D eigenvalue weighted by Crippen LogP contribution is 2.02. The molecule has 0 rings (SSSR count). The predicted octanol–water partition coefficient (Wildman–Crippen LogP) is 3.13. The van der Waals surface area contributed by atoms with Crippen LogP contribution in [0.5, 0.6) is 0 Å².